The highest BCUT2D eigenvalue weighted by molar-refractivity contribution is 7.86. The third-order valence-electron chi connectivity index (χ3n) is 2.47. The van der Waals surface area contributed by atoms with Gasteiger partial charge in [0.25, 0.3) is 0 Å². The Morgan fingerprint density at radius 2 is 1.69 bits per heavy atom. The van der Waals surface area contributed by atoms with E-state index in [-0.39, 0.29) is 5.75 Å². The molecule has 0 bridgehead atoms. The highest BCUT2D eigenvalue weighted by Gasteiger charge is 2.37. The van der Waals surface area contributed by atoms with Crippen molar-refractivity contribution in [3.8, 4) is 17.2 Å². The minimum Gasteiger partial charge on any atom is -0.506 e. The molecule has 1 aliphatic heterocycles. The SMILES string of the molecule is O=S(=O)(O)c1c2c(c3ccccc3c1O)O2. The Bertz CT molecular complexity index is 718. The monoisotopic (exact) mass is 238 g/mol. The number of rotatable bonds is 1. The predicted octanol–water partition coefficient (Wildman–Crippen LogP) is 1.90. The van der Waals surface area contributed by atoms with Crippen molar-refractivity contribution in [2.45, 2.75) is 4.90 Å². The van der Waals surface area contributed by atoms with E-state index in [4.69, 9.17) is 9.29 Å². The highest BCUT2D eigenvalue weighted by atomic mass is 32.2. The smallest absolute Gasteiger partial charge is 0.302 e. The van der Waals surface area contributed by atoms with Crippen molar-refractivity contribution < 1.29 is 22.8 Å². The molecule has 1 aliphatic rings. The van der Waals surface area contributed by atoms with Crippen LogP contribution >= 0.6 is 0 Å². The Morgan fingerprint density at radius 3 is 2.31 bits per heavy atom. The lowest BCUT2D eigenvalue weighted by molar-refractivity contribution is 0.445. The van der Waals surface area contributed by atoms with Crippen LogP contribution in [0.15, 0.2) is 29.2 Å². The lowest BCUT2D eigenvalue weighted by atomic mass is 10.1. The molecule has 0 spiro atoms. The molecule has 3 rings (SSSR count). The molecule has 0 unspecified atom stereocenters. The summed E-state index contributed by atoms with van der Waals surface area (Å²) in [6.45, 7) is 0. The molecule has 6 heteroatoms. The van der Waals surface area contributed by atoms with Gasteiger partial charge in [0.15, 0.2) is 16.4 Å². The van der Waals surface area contributed by atoms with E-state index in [9.17, 15) is 13.5 Å². The third kappa shape index (κ3) is 1.11. The zero-order chi connectivity index (χ0) is 11.5. The van der Waals surface area contributed by atoms with Crippen LogP contribution in [0.3, 0.4) is 0 Å². The number of phenolic OH excluding ortho intramolecular Hbond substituents is 1. The number of hydrogen-bond donors (Lipinski definition) is 2. The molecule has 0 aromatic heterocycles. The summed E-state index contributed by atoms with van der Waals surface area (Å²) in [4.78, 5) is -0.554. The third-order valence-corrected chi connectivity index (χ3v) is 3.37. The van der Waals surface area contributed by atoms with Crippen LogP contribution < -0.4 is 4.74 Å². The molecule has 2 aromatic carbocycles. The Hall–Kier alpha value is -1.79. The highest BCUT2D eigenvalue weighted by Crippen LogP contribution is 2.58. The van der Waals surface area contributed by atoms with Gasteiger partial charge in [-0.3, -0.25) is 4.55 Å². The Labute approximate surface area is 90.6 Å². The van der Waals surface area contributed by atoms with Crippen LogP contribution in [0.25, 0.3) is 10.8 Å². The summed E-state index contributed by atoms with van der Waals surface area (Å²) in [7, 11) is -4.48. The lowest BCUT2D eigenvalue weighted by Gasteiger charge is -2.01. The maximum Gasteiger partial charge on any atom is 0.302 e. The normalized spacial score (nSPS) is 13.3. The van der Waals surface area contributed by atoms with Crippen molar-refractivity contribution in [2.75, 3.05) is 0 Å². The summed E-state index contributed by atoms with van der Waals surface area (Å²) in [6.07, 6.45) is 0. The first kappa shape index (κ1) is 9.44. The van der Waals surface area contributed by atoms with Gasteiger partial charge in [-0.15, -0.1) is 0 Å². The first-order valence-electron chi connectivity index (χ1n) is 4.43. The number of aromatic hydroxyl groups is 1. The lowest BCUT2D eigenvalue weighted by Crippen LogP contribution is -1.97. The van der Waals surface area contributed by atoms with Crippen molar-refractivity contribution in [1.29, 1.82) is 0 Å². The maximum atomic E-state index is 11.1. The minimum absolute atomic E-state index is 0.0266. The van der Waals surface area contributed by atoms with Crippen LogP contribution in [0, 0.1) is 0 Å². The zero-order valence-corrected chi connectivity index (χ0v) is 8.65. The molecule has 5 nitrogen and oxygen atoms in total. The Kier molecular flexibility index (Phi) is 1.57. The fourth-order valence-electron chi connectivity index (χ4n) is 1.76. The van der Waals surface area contributed by atoms with E-state index in [1.165, 1.54) is 0 Å². The molecule has 0 radical (unpaired) electrons. The number of benzene rings is 2. The molecule has 0 amide bonds. The number of ether oxygens (including phenoxy) is 1. The van der Waals surface area contributed by atoms with Crippen LogP contribution in [0.1, 0.15) is 0 Å². The van der Waals surface area contributed by atoms with E-state index in [2.05, 4.69) is 0 Å². The summed E-state index contributed by atoms with van der Waals surface area (Å²) < 4.78 is 36.1. The van der Waals surface area contributed by atoms with Gasteiger partial charge in [-0.05, 0) is 0 Å². The molecule has 2 N–H and O–H groups in total. The minimum atomic E-state index is -4.48. The molecule has 0 saturated carbocycles. The maximum absolute atomic E-state index is 11.1. The van der Waals surface area contributed by atoms with Gasteiger partial charge in [0.1, 0.15) is 5.75 Å². The molecule has 0 fully saturated rings. The zero-order valence-electron chi connectivity index (χ0n) is 7.84. The fraction of sp³-hybridized carbons (Fsp3) is 0. The van der Waals surface area contributed by atoms with Crippen molar-refractivity contribution in [1.82, 2.24) is 0 Å². The number of hydrogen-bond acceptors (Lipinski definition) is 4. The summed E-state index contributed by atoms with van der Waals surface area (Å²) >= 11 is 0. The molecule has 0 saturated heterocycles. The van der Waals surface area contributed by atoms with Crippen LogP contribution in [0.4, 0.5) is 0 Å². The van der Waals surface area contributed by atoms with Crippen molar-refractivity contribution in [2.24, 2.45) is 0 Å². The quantitative estimate of drug-likeness (QED) is 0.499. The van der Waals surface area contributed by atoms with E-state index in [0.29, 0.717) is 16.5 Å². The number of phenols is 1. The molecule has 82 valence electrons. The van der Waals surface area contributed by atoms with E-state index in [0.717, 1.165) is 0 Å². The Balaban J connectivity index is 2.53. The van der Waals surface area contributed by atoms with Gasteiger partial charge in [-0.2, -0.15) is 8.42 Å². The van der Waals surface area contributed by atoms with Gasteiger partial charge in [-0.25, -0.2) is 0 Å². The second kappa shape index (κ2) is 2.66. The van der Waals surface area contributed by atoms with E-state index in [1.54, 1.807) is 24.3 Å². The molecule has 16 heavy (non-hydrogen) atoms. The van der Waals surface area contributed by atoms with Gasteiger partial charge < -0.3 is 9.84 Å². The topological polar surface area (TPSA) is 87.1 Å². The summed E-state index contributed by atoms with van der Waals surface area (Å²) in [6, 6.07) is 6.66. The van der Waals surface area contributed by atoms with Crippen LogP contribution in [0.5, 0.6) is 17.2 Å². The molecule has 0 aliphatic carbocycles. The average Bonchev–Trinajstić information content (AvgIpc) is 2.96. The average molecular weight is 238 g/mol. The van der Waals surface area contributed by atoms with E-state index < -0.39 is 20.8 Å². The molecular formula is C10H6O5S. The summed E-state index contributed by atoms with van der Waals surface area (Å²) in [5.74, 6) is -0.0610. The van der Waals surface area contributed by atoms with Crippen LogP contribution in [0.2, 0.25) is 0 Å². The van der Waals surface area contributed by atoms with E-state index in [1.807, 2.05) is 0 Å². The summed E-state index contributed by atoms with van der Waals surface area (Å²) in [5.41, 5.74) is 0. The molecule has 0 atom stereocenters. The van der Waals surface area contributed by atoms with Crippen molar-refractivity contribution in [3.63, 3.8) is 0 Å². The fourth-order valence-corrected chi connectivity index (χ4v) is 2.48. The first-order valence-corrected chi connectivity index (χ1v) is 5.87. The van der Waals surface area contributed by atoms with Gasteiger partial charge in [-0.1, -0.05) is 24.3 Å². The van der Waals surface area contributed by atoms with E-state index >= 15 is 0 Å². The number of fused-ring (bicyclic) bond motifs is 3. The standard InChI is InChI=1S/C10H6O5S/c11-7-5-3-1-2-4-6(5)8-9(15-8)10(7)16(12,13)14/h1-4,11H,(H,12,13,14). The second-order valence-electron chi connectivity index (χ2n) is 3.46. The second-order valence-corrected chi connectivity index (χ2v) is 4.82. The molecule has 1 heterocycles. The van der Waals surface area contributed by atoms with Crippen molar-refractivity contribution in [3.05, 3.63) is 24.3 Å². The van der Waals surface area contributed by atoms with Gasteiger partial charge in [0, 0.05) is 10.8 Å². The van der Waals surface area contributed by atoms with Gasteiger partial charge >= 0.3 is 10.1 Å². The molecule has 2 aromatic rings. The van der Waals surface area contributed by atoms with Crippen LogP contribution in [-0.4, -0.2) is 18.1 Å². The van der Waals surface area contributed by atoms with Crippen LogP contribution in [-0.2, 0) is 10.1 Å². The van der Waals surface area contributed by atoms with Gasteiger partial charge in [0.2, 0.25) is 0 Å². The Morgan fingerprint density at radius 1 is 1.06 bits per heavy atom. The first-order chi connectivity index (χ1) is 7.50. The summed E-state index contributed by atoms with van der Waals surface area (Å²) in [5, 5.41) is 10.7. The van der Waals surface area contributed by atoms with Crippen molar-refractivity contribution >= 4 is 20.9 Å². The molecular weight excluding hydrogens is 232 g/mol. The predicted molar refractivity (Wildman–Crippen MR) is 55.5 cm³/mol. The van der Waals surface area contributed by atoms with Gasteiger partial charge in [0.05, 0.1) is 0 Å². The largest absolute Gasteiger partial charge is 0.506 e.